The van der Waals surface area contributed by atoms with Gasteiger partial charge in [-0.15, -0.1) is 0 Å². The zero-order valence-corrected chi connectivity index (χ0v) is 14.9. The molecule has 0 unspecified atom stereocenters. The molecule has 128 valence electrons. The SMILES string of the molecule is COc1ccc(S(=O)(=O)N2CCC(NCC3CC3)CC2)cc1Cl. The summed E-state index contributed by atoms with van der Waals surface area (Å²) in [5.74, 6) is 1.33. The van der Waals surface area contributed by atoms with E-state index in [0.717, 1.165) is 25.3 Å². The summed E-state index contributed by atoms with van der Waals surface area (Å²) >= 11 is 6.06. The molecule has 23 heavy (non-hydrogen) atoms. The number of nitrogens with zero attached hydrogens (tertiary/aromatic N) is 1. The van der Waals surface area contributed by atoms with E-state index in [0.29, 0.717) is 29.9 Å². The van der Waals surface area contributed by atoms with Crippen LogP contribution in [0.4, 0.5) is 0 Å². The lowest BCUT2D eigenvalue weighted by atomic mass is 10.1. The predicted molar refractivity (Wildman–Crippen MR) is 90.5 cm³/mol. The zero-order chi connectivity index (χ0) is 16.4. The van der Waals surface area contributed by atoms with Crippen LogP contribution in [0.5, 0.6) is 5.75 Å². The molecule has 0 spiro atoms. The molecular weight excluding hydrogens is 336 g/mol. The van der Waals surface area contributed by atoms with Crippen molar-refractivity contribution < 1.29 is 13.2 Å². The van der Waals surface area contributed by atoms with Crippen LogP contribution in [0.25, 0.3) is 0 Å². The third kappa shape index (κ3) is 3.99. The Balaban J connectivity index is 1.62. The minimum absolute atomic E-state index is 0.229. The molecule has 7 heteroatoms. The van der Waals surface area contributed by atoms with Gasteiger partial charge in [0.05, 0.1) is 17.0 Å². The molecule has 0 bridgehead atoms. The van der Waals surface area contributed by atoms with Crippen LogP contribution in [0.15, 0.2) is 23.1 Å². The van der Waals surface area contributed by atoms with E-state index in [1.54, 1.807) is 16.4 Å². The number of hydrogen-bond acceptors (Lipinski definition) is 4. The van der Waals surface area contributed by atoms with E-state index in [-0.39, 0.29) is 4.90 Å². The largest absolute Gasteiger partial charge is 0.495 e. The first kappa shape index (κ1) is 17.0. The van der Waals surface area contributed by atoms with Crippen molar-refractivity contribution in [1.29, 1.82) is 0 Å². The number of nitrogens with one attached hydrogen (secondary N) is 1. The molecule has 2 aliphatic rings. The van der Waals surface area contributed by atoms with Crippen molar-refractivity contribution in [3.63, 3.8) is 0 Å². The Bertz CT molecular complexity index is 653. The van der Waals surface area contributed by atoms with Crippen molar-refractivity contribution in [2.45, 2.75) is 36.6 Å². The third-order valence-corrected chi connectivity index (χ3v) is 6.80. The molecule has 2 fully saturated rings. The minimum atomic E-state index is -3.49. The smallest absolute Gasteiger partial charge is 0.243 e. The Hall–Kier alpha value is -0.820. The lowest BCUT2D eigenvalue weighted by Crippen LogP contribution is -2.45. The molecule has 1 aromatic carbocycles. The summed E-state index contributed by atoms with van der Waals surface area (Å²) < 4.78 is 32.1. The van der Waals surface area contributed by atoms with Gasteiger partial charge in [0.15, 0.2) is 0 Å². The van der Waals surface area contributed by atoms with Gasteiger partial charge in [0.25, 0.3) is 0 Å². The molecule has 0 aromatic heterocycles. The fraction of sp³-hybridized carbons (Fsp3) is 0.625. The second-order valence-corrected chi connectivity index (χ2v) is 8.67. The molecule has 1 saturated heterocycles. The Kier molecular flexibility index (Phi) is 5.16. The van der Waals surface area contributed by atoms with E-state index in [2.05, 4.69) is 5.32 Å². The topological polar surface area (TPSA) is 58.6 Å². The zero-order valence-electron chi connectivity index (χ0n) is 13.3. The minimum Gasteiger partial charge on any atom is -0.495 e. The third-order valence-electron chi connectivity index (χ3n) is 4.61. The van der Waals surface area contributed by atoms with E-state index in [9.17, 15) is 8.42 Å². The van der Waals surface area contributed by atoms with Gasteiger partial charge in [-0.3, -0.25) is 0 Å². The predicted octanol–water partition coefficient (Wildman–Crippen LogP) is 2.50. The van der Waals surface area contributed by atoms with Gasteiger partial charge in [-0.05, 0) is 56.3 Å². The van der Waals surface area contributed by atoms with E-state index in [4.69, 9.17) is 16.3 Å². The van der Waals surface area contributed by atoms with Crippen LogP contribution in [-0.4, -0.2) is 45.5 Å². The average Bonchev–Trinajstić information content (AvgIpc) is 3.37. The summed E-state index contributed by atoms with van der Waals surface area (Å²) in [6.45, 7) is 2.17. The molecule has 0 amide bonds. The lowest BCUT2D eigenvalue weighted by molar-refractivity contribution is 0.288. The van der Waals surface area contributed by atoms with Crippen molar-refractivity contribution in [2.24, 2.45) is 5.92 Å². The van der Waals surface area contributed by atoms with Crippen LogP contribution in [0, 0.1) is 5.92 Å². The summed E-state index contributed by atoms with van der Waals surface area (Å²) in [4.78, 5) is 0.229. The molecule has 1 aliphatic heterocycles. The normalized spacial score (nSPS) is 20.6. The molecule has 0 radical (unpaired) electrons. The van der Waals surface area contributed by atoms with Crippen molar-refractivity contribution in [1.82, 2.24) is 9.62 Å². The number of methoxy groups -OCH3 is 1. The number of piperidine rings is 1. The fourth-order valence-corrected chi connectivity index (χ4v) is 4.73. The molecule has 0 atom stereocenters. The van der Waals surface area contributed by atoms with Gasteiger partial charge in [-0.2, -0.15) is 4.31 Å². The summed E-state index contributed by atoms with van der Waals surface area (Å²) in [6, 6.07) is 5.05. The number of rotatable bonds is 6. The molecule has 1 heterocycles. The number of sulfonamides is 1. The highest BCUT2D eigenvalue weighted by molar-refractivity contribution is 7.89. The molecule has 1 aromatic rings. The van der Waals surface area contributed by atoms with E-state index < -0.39 is 10.0 Å². The van der Waals surface area contributed by atoms with E-state index in [1.807, 2.05) is 0 Å². The molecule has 3 rings (SSSR count). The summed E-state index contributed by atoms with van der Waals surface area (Å²) in [6.07, 6.45) is 4.38. The molecule has 1 N–H and O–H groups in total. The first-order chi connectivity index (χ1) is 11.0. The van der Waals surface area contributed by atoms with Crippen molar-refractivity contribution >= 4 is 21.6 Å². The van der Waals surface area contributed by atoms with Crippen molar-refractivity contribution in [3.8, 4) is 5.75 Å². The molecule has 1 saturated carbocycles. The van der Waals surface area contributed by atoms with Gasteiger partial charge in [-0.25, -0.2) is 8.42 Å². The maximum atomic E-state index is 12.7. The van der Waals surface area contributed by atoms with Gasteiger partial charge in [-0.1, -0.05) is 11.6 Å². The van der Waals surface area contributed by atoms with Gasteiger partial charge in [0, 0.05) is 19.1 Å². The van der Waals surface area contributed by atoms with Gasteiger partial charge < -0.3 is 10.1 Å². The number of ether oxygens (including phenoxy) is 1. The fourth-order valence-electron chi connectivity index (χ4n) is 2.91. The molecule has 5 nitrogen and oxygen atoms in total. The van der Waals surface area contributed by atoms with Gasteiger partial charge in [0.2, 0.25) is 10.0 Å². The summed E-state index contributed by atoms with van der Waals surface area (Å²) in [5.41, 5.74) is 0. The van der Waals surface area contributed by atoms with Crippen LogP contribution in [-0.2, 0) is 10.0 Å². The molecule has 1 aliphatic carbocycles. The second kappa shape index (κ2) is 6.97. The summed E-state index contributed by atoms with van der Waals surface area (Å²) in [5, 5.41) is 3.87. The van der Waals surface area contributed by atoms with Crippen LogP contribution >= 0.6 is 11.6 Å². The number of halogens is 1. The first-order valence-electron chi connectivity index (χ1n) is 8.08. The highest BCUT2D eigenvalue weighted by Gasteiger charge is 2.30. The van der Waals surface area contributed by atoms with Crippen LogP contribution in [0.3, 0.4) is 0 Å². The Morgan fingerprint density at radius 2 is 1.96 bits per heavy atom. The summed E-state index contributed by atoms with van der Waals surface area (Å²) in [7, 11) is -1.98. The van der Waals surface area contributed by atoms with Crippen LogP contribution < -0.4 is 10.1 Å². The Labute approximate surface area is 143 Å². The van der Waals surface area contributed by atoms with Crippen molar-refractivity contribution in [3.05, 3.63) is 23.2 Å². The highest BCUT2D eigenvalue weighted by atomic mass is 35.5. The maximum Gasteiger partial charge on any atom is 0.243 e. The number of benzene rings is 1. The van der Waals surface area contributed by atoms with Gasteiger partial charge in [0.1, 0.15) is 5.75 Å². The lowest BCUT2D eigenvalue weighted by Gasteiger charge is -2.31. The average molecular weight is 359 g/mol. The Morgan fingerprint density at radius 3 is 2.52 bits per heavy atom. The molecular formula is C16H23ClN2O3S. The van der Waals surface area contributed by atoms with Crippen molar-refractivity contribution in [2.75, 3.05) is 26.7 Å². The van der Waals surface area contributed by atoms with E-state index in [1.165, 1.54) is 26.0 Å². The standard InChI is InChI=1S/C16H23ClN2O3S/c1-22-16-5-4-14(10-15(16)17)23(20,21)19-8-6-13(7-9-19)18-11-12-2-3-12/h4-5,10,12-13,18H,2-3,6-9,11H2,1H3. The highest BCUT2D eigenvalue weighted by Crippen LogP contribution is 2.30. The monoisotopic (exact) mass is 358 g/mol. The number of hydrogen-bond donors (Lipinski definition) is 1. The van der Waals surface area contributed by atoms with Gasteiger partial charge >= 0.3 is 0 Å². The van der Waals surface area contributed by atoms with E-state index >= 15 is 0 Å². The maximum absolute atomic E-state index is 12.7. The Morgan fingerprint density at radius 1 is 1.26 bits per heavy atom. The van der Waals surface area contributed by atoms with Crippen LogP contribution in [0.1, 0.15) is 25.7 Å². The second-order valence-electron chi connectivity index (χ2n) is 6.33. The quantitative estimate of drug-likeness (QED) is 0.848. The first-order valence-corrected chi connectivity index (χ1v) is 9.89. The van der Waals surface area contributed by atoms with Crippen LogP contribution in [0.2, 0.25) is 5.02 Å².